The summed E-state index contributed by atoms with van der Waals surface area (Å²) in [6.07, 6.45) is -0.921. The van der Waals surface area contributed by atoms with Gasteiger partial charge in [-0.1, -0.05) is 30.3 Å². The Hall–Kier alpha value is -1.06. The Bertz CT molecular complexity index is 287. The molecule has 0 heterocycles. The predicted octanol–water partition coefficient (Wildman–Crippen LogP) is 2.07. The van der Waals surface area contributed by atoms with Gasteiger partial charge >= 0.3 is 5.97 Å². The van der Waals surface area contributed by atoms with Crippen LogP contribution in [0.3, 0.4) is 0 Å². The lowest BCUT2D eigenvalue weighted by Gasteiger charge is -2.12. The summed E-state index contributed by atoms with van der Waals surface area (Å²) in [5.74, 6) is -0.710. The molecule has 0 fully saturated rings. The van der Waals surface area contributed by atoms with Gasteiger partial charge in [0.25, 0.3) is 0 Å². The maximum atomic E-state index is 10.8. The largest absolute Gasteiger partial charge is 0.479 e. The van der Waals surface area contributed by atoms with Gasteiger partial charge in [0.2, 0.25) is 0 Å². The number of ether oxygens (including phenoxy) is 1. The van der Waals surface area contributed by atoms with Crippen LogP contribution in [0, 0.1) is 0 Å². The van der Waals surface area contributed by atoms with Crippen LogP contribution in [0.25, 0.3) is 0 Å². The third-order valence-electron chi connectivity index (χ3n) is 1.69. The van der Waals surface area contributed by atoms with Gasteiger partial charge in [0.15, 0.2) is 6.10 Å². The van der Waals surface area contributed by atoms with E-state index in [-0.39, 0.29) is 12.5 Å². The molecule has 0 radical (unpaired) electrons. The summed E-state index contributed by atoms with van der Waals surface area (Å²) >= 11 is 5.42. The topological polar surface area (TPSA) is 46.5 Å². The van der Waals surface area contributed by atoms with Crippen molar-refractivity contribution in [2.45, 2.75) is 6.10 Å². The van der Waals surface area contributed by atoms with E-state index < -0.39 is 12.1 Å². The molecular weight excluding hydrogens is 204 g/mol. The summed E-state index contributed by atoms with van der Waals surface area (Å²) in [4.78, 5) is 10.8. The van der Waals surface area contributed by atoms with E-state index in [2.05, 4.69) is 0 Å². The summed E-state index contributed by atoms with van der Waals surface area (Å²) in [7, 11) is 0. The van der Waals surface area contributed by atoms with Crippen LogP contribution in [0.1, 0.15) is 11.7 Å². The molecule has 76 valence electrons. The van der Waals surface area contributed by atoms with Gasteiger partial charge in [0.05, 0.1) is 6.61 Å². The van der Waals surface area contributed by atoms with Gasteiger partial charge in [-0.2, -0.15) is 0 Å². The summed E-state index contributed by atoms with van der Waals surface area (Å²) < 4.78 is 5.11. The Morgan fingerprint density at radius 3 is 2.57 bits per heavy atom. The van der Waals surface area contributed by atoms with E-state index in [1.807, 2.05) is 6.07 Å². The lowest BCUT2D eigenvalue weighted by atomic mass is 10.1. The van der Waals surface area contributed by atoms with E-state index in [4.69, 9.17) is 21.4 Å². The molecule has 1 N–H and O–H groups in total. The second-order valence-electron chi connectivity index (χ2n) is 2.69. The number of rotatable bonds is 5. The third-order valence-corrected chi connectivity index (χ3v) is 1.84. The molecule has 0 aromatic heterocycles. The Morgan fingerprint density at radius 1 is 1.43 bits per heavy atom. The zero-order chi connectivity index (χ0) is 10.4. The fourth-order valence-electron chi connectivity index (χ4n) is 1.10. The molecule has 14 heavy (non-hydrogen) atoms. The number of aliphatic carboxylic acids is 1. The maximum Gasteiger partial charge on any atom is 0.337 e. The van der Waals surface area contributed by atoms with Crippen LogP contribution in [0.4, 0.5) is 0 Å². The minimum Gasteiger partial charge on any atom is -0.479 e. The Balaban J connectivity index is 2.73. The molecule has 0 aliphatic heterocycles. The maximum absolute atomic E-state index is 10.8. The Labute approximate surface area is 87.3 Å². The molecule has 1 rings (SSSR count). The number of carboxylic acids is 1. The van der Waals surface area contributed by atoms with Gasteiger partial charge in [0.1, 0.15) is 0 Å². The number of carboxylic acid groups (broad SMARTS) is 1. The quantitative estimate of drug-likeness (QED) is 0.764. The van der Waals surface area contributed by atoms with Crippen LogP contribution in [0.5, 0.6) is 0 Å². The molecule has 0 amide bonds. The second kappa shape index (κ2) is 5.62. The molecule has 1 aromatic rings. The van der Waals surface area contributed by atoms with Crippen LogP contribution >= 0.6 is 11.6 Å². The number of alkyl halides is 1. The molecule has 1 atom stereocenters. The van der Waals surface area contributed by atoms with E-state index >= 15 is 0 Å². The highest BCUT2D eigenvalue weighted by atomic mass is 35.5. The molecule has 4 heteroatoms. The third kappa shape index (κ3) is 3.01. The number of hydrogen-bond acceptors (Lipinski definition) is 2. The van der Waals surface area contributed by atoms with E-state index in [1.165, 1.54) is 0 Å². The Morgan fingerprint density at radius 2 is 2.07 bits per heavy atom. The summed E-state index contributed by atoms with van der Waals surface area (Å²) in [6.45, 7) is 0.230. The van der Waals surface area contributed by atoms with Crippen molar-refractivity contribution in [3.05, 3.63) is 35.9 Å². The normalized spacial score (nSPS) is 12.4. The van der Waals surface area contributed by atoms with Crippen molar-refractivity contribution in [3.63, 3.8) is 0 Å². The molecule has 1 unspecified atom stereocenters. The van der Waals surface area contributed by atoms with Crippen LogP contribution in [-0.4, -0.2) is 23.6 Å². The minimum atomic E-state index is -0.999. The second-order valence-corrected chi connectivity index (χ2v) is 3.07. The first-order valence-corrected chi connectivity index (χ1v) is 4.74. The summed E-state index contributed by atoms with van der Waals surface area (Å²) in [5, 5.41) is 8.89. The van der Waals surface area contributed by atoms with Gasteiger partial charge in [-0.3, -0.25) is 0 Å². The monoisotopic (exact) mass is 214 g/mol. The number of halogens is 1. The lowest BCUT2D eigenvalue weighted by Crippen LogP contribution is -2.16. The van der Waals surface area contributed by atoms with Gasteiger partial charge in [-0.15, -0.1) is 11.6 Å². The van der Waals surface area contributed by atoms with E-state index in [9.17, 15) is 4.79 Å². The van der Waals surface area contributed by atoms with Crippen molar-refractivity contribution < 1.29 is 14.6 Å². The van der Waals surface area contributed by atoms with Gasteiger partial charge in [-0.25, -0.2) is 4.79 Å². The van der Waals surface area contributed by atoms with Gasteiger partial charge in [0, 0.05) is 5.88 Å². The predicted molar refractivity (Wildman–Crippen MR) is 53.5 cm³/mol. The van der Waals surface area contributed by atoms with Crippen molar-refractivity contribution in [2.75, 3.05) is 12.5 Å². The van der Waals surface area contributed by atoms with Crippen LogP contribution < -0.4 is 0 Å². The molecule has 3 nitrogen and oxygen atoms in total. The molecule has 0 saturated heterocycles. The van der Waals surface area contributed by atoms with Crippen molar-refractivity contribution in [1.82, 2.24) is 0 Å². The number of carbonyl (C=O) groups is 1. The molecule has 0 spiro atoms. The van der Waals surface area contributed by atoms with E-state index in [0.717, 1.165) is 0 Å². The number of hydrogen-bond donors (Lipinski definition) is 1. The van der Waals surface area contributed by atoms with E-state index in [0.29, 0.717) is 5.56 Å². The standard InChI is InChI=1S/C10H11ClO3/c11-6-7-14-9(10(12)13)8-4-2-1-3-5-8/h1-5,9H,6-7H2,(H,12,13). The molecule has 1 aromatic carbocycles. The van der Waals surface area contributed by atoms with Crippen molar-refractivity contribution in [3.8, 4) is 0 Å². The molecule has 0 aliphatic rings. The first kappa shape index (κ1) is 11.0. The molecule has 0 aliphatic carbocycles. The molecule has 0 saturated carbocycles. The fourth-order valence-corrected chi connectivity index (χ4v) is 1.19. The van der Waals surface area contributed by atoms with Crippen molar-refractivity contribution in [2.24, 2.45) is 0 Å². The van der Waals surface area contributed by atoms with Crippen molar-refractivity contribution in [1.29, 1.82) is 0 Å². The minimum absolute atomic E-state index is 0.230. The first-order chi connectivity index (χ1) is 6.75. The smallest absolute Gasteiger partial charge is 0.337 e. The summed E-state index contributed by atoms with van der Waals surface area (Å²) in [5.41, 5.74) is 0.630. The first-order valence-electron chi connectivity index (χ1n) is 4.21. The Kier molecular flexibility index (Phi) is 4.43. The fraction of sp³-hybridized carbons (Fsp3) is 0.300. The highest BCUT2D eigenvalue weighted by Gasteiger charge is 2.19. The van der Waals surface area contributed by atoms with Crippen LogP contribution in [-0.2, 0) is 9.53 Å². The highest BCUT2D eigenvalue weighted by Crippen LogP contribution is 2.16. The average Bonchev–Trinajstić information content (AvgIpc) is 2.19. The van der Waals surface area contributed by atoms with Crippen molar-refractivity contribution >= 4 is 17.6 Å². The lowest BCUT2D eigenvalue weighted by molar-refractivity contribution is -0.150. The SMILES string of the molecule is O=C(O)C(OCCCl)c1ccccc1. The summed E-state index contributed by atoms with van der Waals surface area (Å²) in [6, 6.07) is 8.80. The zero-order valence-electron chi connectivity index (χ0n) is 7.52. The molecular formula is C10H11ClO3. The van der Waals surface area contributed by atoms with Crippen LogP contribution in [0.2, 0.25) is 0 Å². The highest BCUT2D eigenvalue weighted by molar-refractivity contribution is 6.17. The van der Waals surface area contributed by atoms with E-state index in [1.54, 1.807) is 24.3 Å². The number of benzene rings is 1. The zero-order valence-corrected chi connectivity index (χ0v) is 8.28. The average molecular weight is 215 g/mol. The van der Waals surface area contributed by atoms with Gasteiger partial charge < -0.3 is 9.84 Å². The molecule has 0 bridgehead atoms. The van der Waals surface area contributed by atoms with Crippen LogP contribution in [0.15, 0.2) is 30.3 Å². The van der Waals surface area contributed by atoms with Gasteiger partial charge in [-0.05, 0) is 5.56 Å².